The fourth-order valence-electron chi connectivity index (χ4n) is 1.83. The van der Waals surface area contributed by atoms with Gasteiger partial charge in [-0.2, -0.15) is 0 Å². The van der Waals surface area contributed by atoms with E-state index < -0.39 is 17.9 Å². The molecule has 2 rings (SSSR count). The standard InChI is InChI=1S/C13H16N4O4/c1-3-20-10(18)5-8(13(19)21-4-2)11-14-6-9-12(17-11)16-7-15-9/h6-8H,3-5H2,1-2H3,(H,14,15,16,17). The van der Waals surface area contributed by atoms with Crippen molar-refractivity contribution in [2.75, 3.05) is 13.2 Å². The Balaban J connectivity index is 2.28. The molecule has 2 aromatic rings. The third-order valence-corrected chi connectivity index (χ3v) is 2.75. The van der Waals surface area contributed by atoms with E-state index in [0.717, 1.165) is 0 Å². The van der Waals surface area contributed by atoms with E-state index in [-0.39, 0.29) is 25.5 Å². The Morgan fingerprint density at radius 2 is 2.00 bits per heavy atom. The smallest absolute Gasteiger partial charge is 0.317 e. The largest absolute Gasteiger partial charge is 0.466 e. The molecule has 0 saturated heterocycles. The van der Waals surface area contributed by atoms with Crippen molar-refractivity contribution in [1.82, 2.24) is 19.9 Å². The van der Waals surface area contributed by atoms with Crippen molar-refractivity contribution in [3.8, 4) is 0 Å². The van der Waals surface area contributed by atoms with Gasteiger partial charge in [0, 0.05) is 0 Å². The predicted octanol–water partition coefficient (Wildman–Crippen LogP) is 0.953. The molecule has 0 aliphatic heterocycles. The molecule has 0 aliphatic carbocycles. The van der Waals surface area contributed by atoms with Crippen LogP contribution in [-0.4, -0.2) is 45.1 Å². The Labute approximate surface area is 120 Å². The topological polar surface area (TPSA) is 107 Å². The average Bonchev–Trinajstić information content (AvgIpc) is 2.92. The summed E-state index contributed by atoms with van der Waals surface area (Å²) in [5, 5.41) is 0. The Morgan fingerprint density at radius 1 is 1.24 bits per heavy atom. The maximum atomic E-state index is 12.0. The maximum absolute atomic E-state index is 12.0. The summed E-state index contributed by atoms with van der Waals surface area (Å²) in [4.78, 5) is 38.8. The first-order chi connectivity index (χ1) is 10.2. The first-order valence-corrected chi connectivity index (χ1v) is 6.64. The zero-order valence-electron chi connectivity index (χ0n) is 11.8. The fourth-order valence-corrected chi connectivity index (χ4v) is 1.83. The second-order valence-corrected chi connectivity index (χ2v) is 4.18. The first-order valence-electron chi connectivity index (χ1n) is 6.64. The molecule has 1 N–H and O–H groups in total. The minimum Gasteiger partial charge on any atom is -0.466 e. The van der Waals surface area contributed by atoms with Crippen LogP contribution >= 0.6 is 0 Å². The quantitative estimate of drug-likeness (QED) is 0.790. The van der Waals surface area contributed by atoms with Gasteiger partial charge in [-0.25, -0.2) is 15.0 Å². The molecule has 0 amide bonds. The van der Waals surface area contributed by atoms with Crippen molar-refractivity contribution >= 4 is 23.1 Å². The number of nitrogens with zero attached hydrogens (tertiary/aromatic N) is 3. The van der Waals surface area contributed by atoms with Gasteiger partial charge in [-0.15, -0.1) is 0 Å². The lowest BCUT2D eigenvalue weighted by molar-refractivity contribution is -0.151. The van der Waals surface area contributed by atoms with Crippen LogP contribution in [0.2, 0.25) is 0 Å². The van der Waals surface area contributed by atoms with Crippen LogP contribution < -0.4 is 0 Å². The number of ether oxygens (including phenoxy) is 2. The molecule has 2 heterocycles. The Bertz CT molecular complexity index is 640. The summed E-state index contributed by atoms with van der Waals surface area (Å²) in [6.45, 7) is 3.84. The van der Waals surface area contributed by atoms with Gasteiger partial charge in [0.25, 0.3) is 0 Å². The molecule has 0 radical (unpaired) electrons. The number of aromatic nitrogens is 4. The van der Waals surface area contributed by atoms with E-state index in [1.54, 1.807) is 13.8 Å². The number of esters is 2. The number of rotatable bonds is 6. The van der Waals surface area contributed by atoms with Gasteiger partial charge in [-0.05, 0) is 13.8 Å². The molecule has 0 spiro atoms. The molecule has 1 atom stereocenters. The molecule has 0 fully saturated rings. The second-order valence-electron chi connectivity index (χ2n) is 4.18. The van der Waals surface area contributed by atoms with Crippen LogP contribution in [0.3, 0.4) is 0 Å². The summed E-state index contributed by atoms with van der Waals surface area (Å²) in [6, 6.07) is 0. The molecule has 1 unspecified atom stereocenters. The van der Waals surface area contributed by atoms with E-state index in [1.807, 2.05) is 0 Å². The number of fused-ring (bicyclic) bond motifs is 1. The van der Waals surface area contributed by atoms with E-state index in [4.69, 9.17) is 9.47 Å². The van der Waals surface area contributed by atoms with Crippen molar-refractivity contribution in [1.29, 1.82) is 0 Å². The van der Waals surface area contributed by atoms with E-state index in [2.05, 4.69) is 19.9 Å². The number of H-pyrrole nitrogens is 1. The summed E-state index contributed by atoms with van der Waals surface area (Å²) in [7, 11) is 0. The highest BCUT2D eigenvalue weighted by Gasteiger charge is 2.29. The first kappa shape index (κ1) is 14.9. The summed E-state index contributed by atoms with van der Waals surface area (Å²) in [6.07, 6.45) is 2.83. The number of hydrogen-bond acceptors (Lipinski definition) is 7. The third kappa shape index (κ3) is 3.53. The van der Waals surface area contributed by atoms with Crippen LogP contribution in [-0.2, 0) is 19.1 Å². The van der Waals surface area contributed by atoms with E-state index >= 15 is 0 Å². The number of imidazole rings is 1. The van der Waals surface area contributed by atoms with Gasteiger partial charge in [0.15, 0.2) is 5.65 Å². The molecule has 0 aromatic carbocycles. The summed E-state index contributed by atoms with van der Waals surface area (Å²) >= 11 is 0. The van der Waals surface area contributed by atoms with Gasteiger partial charge in [0.2, 0.25) is 0 Å². The van der Waals surface area contributed by atoms with Crippen molar-refractivity contribution in [2.24, 2.45) is 0 Å². The number of nitrogens with one attached hydrogen (secondary N) is 1. The molecular formula is C13H16N4O4. The zero-order valence-corrected chi connectivity index (χ0v) is 11.8. The minimum atomic E-state index is -0.898. The average molecular weight is 292 g/mol. The molecule has 112 valence electrons. The van der Waals surface area contributed by atoms with Gasteiger partial charge < -0.3 is 14.5 Å². The molecule has 21 heavy (non-hydrogen) atoms. The van der Waals surface area contributed by atoms with Gasteiger partial charge in [-0.3, -0.25) is 9.59 Å². The Kier molecular flexibility index (Phi) is 4.81. The number of hydrogen-bond donors (Lipinski definition) is 1. The van der Waals surface area contributed by atoms with Gasteiger partial charge in [-0.1, -0.05) is 0 Å². The summed E-state index contributed by atoms with van der Waals surface area (Å²) < 4.78 is 9.85. The van der Waals surface area contributed by atoms with Crippen molar-refractivity contribution in [3.63, 3.8) is 0 Å². The fraction of sp³-hybridized carbons (Fsp3) is 0.462. The van der Waals surface area contributed by atoms with Crippen LogP contribution in [0.15, 0.2) is 12.5 Å². The number of carbonyl (C=O) groups excluding carboxylic acids is 2. The Morgan fingerprint density at radius 3 is 2.71 bits per heavy atom. The molecule has 0 bridgehead atoms. The SMILES string of the molecule is CCOC(=O)CC(C(=O)OCC)c1ncc2[nH]cnc2n1. The molecule has 8 heteroatoms. The highest BCUT2D eigenvalue weighted by Crippen LogP contribution is 2.20. The van der Waals surface area contributed by atoms with Crippen molar-refractivity contribution < 1.29 is 19.1 Å². The Hall–Kier alpha value is -2.51. The van der Waals surface area contributed by atoms with Crippen LogP contribution in [0, 0.1) is 0 Å². The number of aromatic amines is 1. The summed E-state index contributed by atoms with van der Waals surface area (Å²) in [5.74, 6) is -1.76. The summed E-state index contributed by atoms with van der Waals surface area (Å²) in [5.41, 5.74) is 1.08. The second kappa shape index (κ2) is 6.78. The lowest BCUT2D eigenvalue weighted by atomic mass is 10.1. The molecule has 2 aromatic heterocycles. The molecule has 8 nitrogen and oxygen atoms in total. The highest BCUT2D eigenvalue weighted by atomic mass is 16.5. The molecule has 0 saturated carbocycles. The highest BCUT2D eigenvalue weighted by molar-refractivity contribution is 5.84. The van der Waals surface area contributed by atoms with E-state index in [9.17, 15) is 9.59 Å². The number of carbonyl (C=O) groups is 2. The van der Waals surface area contributed by atoms with E-state index in [1.165, 1.54) is 12.5 Å². The predicted molar refractivity (Wildman–Crippen MR) is 72.3 cm³/mol. The van der Waals surface area contributed by atoms with Crippen LogP contribution in [0.25, 0.3) is 11.2 Å². The molecular weight excluding hydrogens is 276 g/mol. The lowest BCUT2D eigenvalue weighted by Gasteiger charge is -2.13. The van der Waals surface area contributed by atoms with Gasteiger partial charge >= 0.3 is 11.9 Å². The zero-order chi connectivity index (χ0) is 15.2. The third-order valence-electron chi connectivity index (χ3n) is 2.75. The van der Waals surface area contributed by atoms with E-state index in [0.29, 0.717) is 11.2 Å². The molecule has 0 aliphatic rings. The normalized spacial score (nSPS) is 12.1. The van der Waals surface area contributed by atoms with Crippen LogP contribution in [0.1, 0.15) is 32.0 Å². The monoisotopic (exact) mass is 292 g/mol. The minimum absolute atomic E-state index is 0.164. The van der Waals surface area contributed by atoms with Crippen molar-refractivity contribution in [2.45, 2.75) is 26.2 Å². The van der Waals surface area contributed by atoms with Crippen LogP contribution in [0.4, 0.5) is 0 Å². The van der Waals surface area contributed by atoms with Gasteiger partial charge in [0.1, 0.15) is 17.3 Å². The van der Waals surface area contributed by atoms with Crippen molar-refractivity contribution in [3.05, 3.63) is 18.3 Å². The lowest BCUT2D eigenvalue weighted by Crippen LogP contribution is -2.22. The van der Waals surface area contributed by atoms with Crippen LogP contribution in [0.5, 0.6) is 0 Å². The van der Waals surface area contributed by atoms with Gasteiger partial charge in [0.05, 0.1) is 32.2 Å². The maximum Gasteiger partial charge on any atom is 0.317 e.